The van der Waals surface area contributed by atoms with Crippen molar-refractivity contribution in [1.29, 1.82) is 0 Å². The number of carbonyl (C=O) groups excluding carboxylic acids is 2. The van der Waals surface area contributed by atoms with Crippen molar-refractivity contribution in [2.45, 2.75) is 32.2 Å². The summed E-state index contributed by atoms with van der Waals surface area (Å²) in [6.45, 7) is 5.06. The summed E-state index contributed by atoms with van der Waals surface area (Å²) >= 11 is 0. The lowest BCUT2D eigenvalue weighted by Gasteiger charge is -2.16. The predicted octanol–water partition coefficient (Wildman–Crippen LogP) is 4.52. The third kappa shape index (κ3) is 7.69. The van der Waals surface area contributed by atoms with E-state index in [0.29, 0.717) is 17.7 Å². The van der Waals surface area contributed by atoms with Gasteiger partial charge in [-0.1, -0.05) is 30.8 Å². The first-order valence-electron chi connectivity index (χ1n) is 8.83. The molecule has 0 spiro atoms. The van der Waals surface area contributed by atoms with Crippen LogP contribution in [0.1, 0.15) is 30.5 Å². The van der Waals surface area contributed by atoms with Crippen molar-refractivity contribution >= 4 is 17.5 Å². The summed E-state index contributed by atoms with van der Waals surface area (Å²) in [6, 6.07) is 12.1. The van der Waals surface area contributed by atoms with Crippen LogP contribution in [0, 0.1) is 0 Å². The summed E-state index contributed by atoms with van der Waals surface area (Å²) in [6.07, 6.45) is -2.91. The summed E-state index contributed by atoms with van der Waals surface area (Å²) in [5.74, 6) is -0.876. The molecule has 2 N–H and O–H groups in total. The maximum absolute atomic E-state index is 12.3. The van der Waals surface area contributed by atoms with E-state index in [1.807, 2.05) is 0 Å². The first kappa shape index (κ1) is 22.0. The molecule has 29 heavy (non-hydrogen) atoms. The lowest BCUT2D eigenvalue weighted by atomic mass is 10.1. The van der Waals surface area contributed by atoms with Crippen LogP contribution in [0.5, 0.6) is 5.75 Å². The average Bonchev–Trinajstić information content (AvgIpc) is 2.66. The van der Waals surface area contributed by atoms with Crippen LogP contribution in [0.2, 0.25) is 0 Å². The maximum atomic E-state index is 12.3. The number of rotatable bonds is 8. The molecule has 2 rings (SSSR count). The number of nitrogens with one attached hydrogen (secondary N) is 2. The van der Waals surface area contributed by atoms with Crippen LogP contribution in [-0.2, 0) is 16.0 Å². The Bertz CT molecular complexity index is 864. The van der Waals surface area contributed by atoms with Crippen molar-refractivity contribution in [3.63, 3.8) is 0 Å². The van der Waals surface area contributed by atoms with Crippen LogP contribution < -0.4 is 15.4 Å². The lowest BCUT2D eigenvalue weighted by molar-refractivity contribution is -0.274. The van der Waals surface area contributed by atoms with Crippen LogP contribution in [0.25, 0.3) is 0 Å². The van der Waals surface area contributed by atoms with Crippen molar-refractivity contribution in [3.05, 3.63) is 72.3 Å². The Morgan fingerprint density at radius 1 is 1.17 bits per heavy atom. The van der Waals surface area contributed by atoms with E-state index >= 15 is 0 Å². The van der Waals surface area contributed by atoms with Gasteiger partial charge < -0.3 is 15.4 Å². The van der Waals surface area contributed by atoms with E-state index in [2.05, 4.69) is 21.9 Å². The smallest absolute Gasteiger partial charge is 0.406 e. The molecule has 1 atom stereocenters. The van der Waals surface area contributed by atoms with Crippen LogP contribution in [0.3, 0.4) is 0 Å². The van der Waals surface area contributed by atoms with Gasteiger partial charge in [0.05, 0.1) is 6.04 Å². The Morgan fingerprint density at radius 3 is 2.48 bits per heavy atom. The van der Waals surface area contributed by atoms with Crippen LogP contribution in [-0.4, -0.2) is 18.2 Å². The minimum Gasteiger partial charge on any atom is -0.406 e. The molecule has 5 nitrogen and oxygen atoms in total. The number of halogens is 3. The summed E-state index contributed by atoms with van der Waals surface area (Å²) in [7, 11) is 0. The molecule has 2 aromatic carbocycles. The molecule has 0 fully saturated rings. The number of ether oxygens (including phenoxy) is 1. The van der Waals surface area contributed by atoms with Gasteiger partial charge >= 0.3 is 6.36 Å². The largest absolute Gasteiger partial charge is 0.573 e. The number of aryl methyl sites for hydroxylation is 1. The Kier molecular flexibility index (Phi) is 7.41. The molecule has 154 valence electrons. The van der Waals surface area contributed by atoms with E-state index in [1.54, 1.807) is 37.3 Å². The van der Waals surface area contributed by atoms with Gasteiger partial charge in [-0.3, -0.25) is 9.59 Å². The number of benzene rings is 2. The van der Waals surface area contributed by atoms with E-state index in [4.69, 9.17) is 0 Å². The number of anilines is 1. The van der Waals surface area contributed by atoms with Crippen molar-refractivity contribution in [3.8, 4) is 5.75 Å². The van der Waals surface area contributed by atoms with E-state index in [0.717, 1.165) is 5.56 Å². The molecule has 0 aromatic heterocycles. The second kappa shape index (κ2) is 9.77. The lowest BCUT2D eigenvalue weighted by Crippen LogP contribution is -2.27. The second-order valence-corrected chi connectivity index (χ2v) is 6.30. The van der Waals surface area contributed by atoms with Gasteiger partial charge in [0.1, 0.15) is 5.75 Å². The fourth-order valence-electron chi connectivity index (χ4n) is 2.58. The predicted molar refractivity (Wildman–Crippen MR) is 103 cm³/mol. The van der Waals surface area contributed by atoms with E-state index < -0.39 is 12.4 Å². The highest BCUT2D eigenvalue weighted by Gasteiger charge is 2.31. The first-order chi connectivity index (χ1) is 13.7. The fraction of sp³-hybridized carbons (Fsp3) is 0.238. The van der Waals surface area contributed by atoms with Crippen molar-refractivity contribution in [2.75, 3.05) is 5.32 Å². The summed E-state index contributed by atoms with van der Waals surface area (Å²) in [5.41, 5.74) is 2.03. The van der Waals surface area contributed by atoms with Gasteiger partial charge in [-0.15, -0.1) is 13.2 Å². The molecule has 0 radical (unpaired) electrons. The molecule has 0 bridgehead atoms. The van der Waals surface area contributed by atoms with Crippen molar-refractivity contribution in [1.82, 2.24) is 5.32 Å². The zero-order valence-electron chi connectivity index (χ0n) is 15.8. The number of amides is 2. The summed E-state index contributed by atoms with van der Waals surface area (Å²) < 4.78 is 40.9. The van der Waals surface area contributed by atoms with Crippen molar-refractivity contribution < 1.29 is 27.5 Å². The van der Waals surface area contributed by atoms with Crippen LogP contribution in [0.15, 0.2) is 61.2 Å². The van der Waals surface area contributed by atoms with Gasteiger partial charge in [0.15, 0.2) is 0 Å². The maximum Gasteiger partial charge on any atom is 0.573 e. The topological polar surface area (TPSA) is 67.4 Å². The molecule has 0 saturated carbocycles. The van der Waals surface area contributed by atoms with E-state index in [9.17, 15) is 22.8 Å². The van der Waals surface area contributed by atoms with E-state index in [-0.39, 0.29) is 24.0 Å². The highest BCUT2D eigenvalue weighted by Crippen LogP contribution is 2.25. The fourth-order valence-corrected chi connectivity index (χ4v) is 2.58. The third-order valence-corrected chi connectivity index (χ3v) is 4.02. The highest BCUT2D eigenvalue weighted by atomic mass is 19.4. The number of alkyl halides is 3. The van der Waals surface area contributed by atoms with Gasteiger partial charge in [0.2, 0.25) is 11.8 Å². The van der Waals surface area contributed by atoms with Gasteiger partial charge in [-0.05, 0) is 54.8 Å². The number of hydrogen-bond acceptors (Lipinski definition) is 3. The Labute approximate surface area is 166 Å². The zero-order valence-corrected chi connectivity index (χ0v) is 15.8. The van der Waals surface area contributed by atoms with E-state index in [1.165, 1.54) is 24.3 Å². The molecule has 0 saturated heterocycles. The first-order valence-corrected chi connectivity index (χ1v) is 8.83. The zero-order chi connectivity index (χ0) is 21.4. The molecule has 0 aliphatic carbocycles. The third-order valence-electron chi connectivity index (χ3n) is 4.02. The number of carbonyl (C=O) groups is 2. The van der Waals surface area contributed by atoms with Gasteiger partial charge in [0.25, 0.3) is 0 Å². The van der Waals surface area contributed by atoms with Gasteiger partial charge in [-0.25, -0.2) is 0 Å². The van der Waals surface area contributed by atoms with Crippen molar-refractivity contribution in [2.24, 2.45) is 0 Å². The normalized spacial score (nSPS) is 12.0. The standard InChI is InChI=1S/C21H21F3N2O3/c1-3-19(27)26-17-10-7-15(8-11-17)9-12-20(28)25-14(2)16-5-4-6-18(13-16)29-21(22,23)24/h3-8,10-11,13-14H,1,9,12H2,2H3,(H,25,28)(H,26,27)/t14-/m0/s1. The molecule has 2 aromatic rings. The number of hydrogen-bond donors (Lipinski definition) is 2. The second-order valence-electron chi connectivity index (χ2n) is 6.30. The Morgan fingerprint density at radius 2 is 1.86 bits per heavy atom. The highest BCUT2D eigenvalue weighted by molar-refractivity contribution is 5.98. The summed E-state index contributed by atoms with van der Waals surface area (Å²) in [5, 5.41) is 5.39. The molecule has 0 aliphatic heterocycles. The monoisotopic (exact) mass is 406 g/mol. The molecule has 0 aliphatic rings. The minimum atomic E-state index is -4.77. The SMILES string of the molecule is C=CC(=O)Nc1ccc(CCC(=O)N[C@@H](C)c2cccc(OC(F)(F)F)c2)cc1. The molecule has 8 heteroatoms. The average molecular weight is 406 g/mol. The minimum absolute atomic E-state index is 0.210. The van der Waals surface area contributed by atoms with Gasteiger partial charge in [-0.2, -0.15) is 0 Å². The molecular weight excluding hydrogens is 385 g/mol. The summed E-state index contributed by atoms with van der Waals surface area (Å²) in [4.78, 5) is 23.4. The molecule has 2 amide bonds. The Balaban J connectivity index is 1.86. The Hall–Kier alpha value is -3.29. The molecular formula is C21H21F3N2O3. The van der Waals surface area contributed by atoms with Gasteiger partial charge in [0, 0.05) is 12.1 Å². The molecule has 0 unspecified atom stereocenters. The van der Waals surface area contributed by atoms with Crippen LogP contribution in [0.4, 0.5) is 18.9 Å². The van der Waals surface area contributed by atoms with Crippen LogP contribution >= 0.6 is 0 Å². The quantitative estimate of drug-likeness (QED) is 0.634. The molecule has 0 heterocycles.